The second-order valence-corrected chi connectivity index (χ2v) is 6.71. The van der Waals surface area contributed by atoms with Crippen LogP contribution in [0.25, 0.3) is 0 Å². The smallest absolute Gasteiger partial charge is 0.306 e. The monoisotopic (exact) mass is 375 g/mol. The van der Waals surface area contributed by atoms with E-state index in [0.29, 0.717) is 37.1 Å². The summed E-state index contributed by atoms with van der Waals surface area (Å²) < 4.78 is 24.5. The lowest BCUT2D eigenvalue weighted by Gasteiger charge is -2.31. The summed E-state index contributed by atoms with van der Waals surface area (Å²) in [5, 5.41) is 9.14. The van der Waals surface area contributed by atoms with Crippen molar-refractivity contribution in [2.75, 3.05) is 12.0 Å². The Labute approximate surface area is 156 Å². The number of carbonyl (C=O) groups is 2. The van der Waals surface area contributed by atoms with Gasteiger partial charge in [0, 0.05) is 17.7 Å². The summed E-state index contributed by atoms with van der Waals surface area (Å²) >= 11 is 0. The molecule has 0 bridgehead atoms. The topological polar surface area (TPSA) is 80.0 Å². The number of benzene rings is 1. The Bertz CT molecular complexity index is 797. The van der Waals surface area contributed by atoms with Gasteiger partial charge in [-0.2, -0.15) is 0 Å². The molecule has 1 aliphatic rings. The number of aliphatic carboxylic acids is 1. The van der Waals surface area contributed by atoms with Gasteiger partial charge in [0.25, 0.3) is 0 Å². The fourth-order valence-electron chi connectivity index (χ4n) is 3.49. The minimum absolute atomic E-state index is 0.103. The minimum Gasteiger partial charge on any atom is -0.494 e. The molecule has 1 heterocycles. The molecule has 0 aliphatic heterocycles. The van der Waals surface area contributed by atoms with Crippen LogP contribution in [0.5, 0.6) is 5.75 Å². The molecule has 2 aromatic rings. The molecule has 7 heteroatoms. The number of nitrogens with zero attached hydrogens (tertiary/aromatic N) is 1. The molecule has 1 N–H and O–H groups in total. The first-order chi connectivity index (χ1) is 13.0. The van der Waals surface area contributed by atoms with Crippen molar-refractivity contribution in [3.05, 3.63) is 48.2 Å². The Morgan fingerprint density at radius 3 is 2.48 bits per heavy atom. The fourth-order valence-corrected chi connectivity index (χ4v) is 3.49. The zero-order valence-corrected chi connectivity index (χ0v) is 15.1. The van der Waals surface area contributed by atoms with Crippen LogP contribution in [0.2, 0.25) is 0 Å². The lowest BCUT2D eigenvalue weighted by atomic mass is 9.81. The number of hydrogen-bond donors (Lipinski definition) is 1. The Morgan fingerprint density at radius 2 is 1.93 bits per heavy atom. The summed E-state index contributed by atoms with van der Waals surface area (Å²) in [5.74, 6) is -1.52. The Hall–Kier alpha value is -2.83. The maximum absolute atomic E-state index is 14.2. The third kappa shape index (κ3) is 4.30. The molecule has 0 spiro atoms. The van der Waals surface area contributed by atoms with Crippen molar-refractivity contribution in [1.29, 1.82) is 0 Å². The predicted molar refractivity (Wildman–Crippen MR) is 95.9 cm³/mol. The third-order valence-electron chi connectivity index (χ3n) is 5.03. The van der Waals surface area contributed by atoms with Gasteiger partial charge in [-0.3, -0.25) is 9.59 Å². The van der Waals surface area contributed by atoms with E-state index in [2.05, 4.69) is 0 Å². The predicted octanol–water partition coefficient (Wildman–Crippen LogP) is 3.85. The van der Waals surface area contributed by atoms with E-state index in [1.165, 1.54) is 30.4 Å². The van der Waals surface area contributed by atoms with Gasteiger partial charge in [0.2, 0.25) is 5.91 Å². The number of halogens is 1. The number of furan rings is 1. The van der Waals surface area contributed by atoms with Crippen LogP contribution in [0.15, 0.2) is 41.0 Å². The molecule has 1 saturated carbocycles. The molecule has 0 atom stereocenters. The first kappa shape index (κ1) is 18.9. The van der Waals surface area contributed by atoms with Crippen LogP contribution in [0.4, 0.5) is 10.1 Å². The van der Waals surface area contributed by atoms with Crippen molar-refractivity contribution >= 4 is 17.6 Å². The maximum atomic E-state index is 14.2. The highest BCUT2D eigenvalue weighted by Crippen LogP contribution is 2.33. The van der Waals surface area contributed by atoms with Crippen molar-refractivity contribution in [1.82, 2.24) is 0 Å². The highest BCUT2D eigenvalue weighted by atomic mass is 19.1. The van der Waals surface area contributed by atoms with E-state index in [0.717, 1.165) is 0 Å². The molecule has 0 saturated heterocycles. The SMILES string of the molecule is COc1ccc(N(Cc2ccco2)C(=O)C2CCC(C(=O)O)CC2)cc1F. The van der Waals surface area contributed by atoms with Gasteiger partial charge in [-0.25, -0.2) is 4.39 Å². The average molecular weight is 375 g/mol. The zero-order valence-electron chi connectivity index (χ0n) is 15.1. The lowest BCUT2D eigenvalue weighted by molar-refractivity contribution is -0.144. The number of carbonyl (C=O) groups excluding carboxylic acids is 1. The number of carboxylic acid groups (broad SMARTS) is 1. The molecule has 3 rings (SSSR count). The Morgan fingerprint density at radius 1 is 1.22 bits per heavy atom. The largest absolute Gasteiger partial charge is 0.494 e. The number of carboxylic acids is 1. The Kier molecular flexibility index (Phi) is 5.78. The van der Waals surface area contributed by atoms with Gasteiger partial charge in [-0.15, -0.1) is 0 Å². The van der Waals surface area contributed by atoms with Crippen LogP contribution < -0.4 is 9.64 Å². The first-order valence-corrected chi connectivity index (χ1v) is 8.89. The van der Waals surface area contributed by atoms with Gasteiger partial charge in [0.15, 0.2) is 11.6 Å². The quantitative estimate of drug-likeness (QED) is 0.829. The van der Waals surface area contributed by atoms with Gasteiger partial charge in [0.05, 0.1) is 25.8 Å². The Balaban J connectivity index is 1.82. The molecule has 1 amide bonds. The molecule has 1 fully saturated rings. The van der Waals surface area contributed by atoms with E-state index in [9.17, 15) is 14.0 Å². The van der Waals surface area contributed by atoms with Gasteiger partial charge >= 0.3 is 5.97 Å². The normalized spacial score (nSPS) is 19.5. The molecule has 0 radical (unpaired) electrons. The number of amides is 1. The molecular formula is C20H22FNO5. The molecule has 6 nitrogen and oxygen atoms in total. The molecule has 0 unspecified atom stereocenters. The highest BCUT2D eigenvalue weighted by Gasteiger charge is 2.33. The molecular weight excluding hydrogens is 353 g/mol. The highest BCUT2D eigenvalue weighted by molar-refractivity contribution is 5.95. The van der Waals surface area contributed by atoms with E-state index in [1.54, 1.807) is 18.2 Å². The van der Waals surface area contributed by atoms with E-state index >= 15 is 0 Å². The number of hydrogen-bond acceptors (Lipinski definition) is 4. The van der Waals surface area contributed by atoms with Gasteiger partial charge in [-0.05, 0) is 49.9 Å². The summed E-state index contributed by atoms with van der Waals surface area (Å²) in [6.45, 7) is 0.177. The maximum Gasteiger partial charge on any atom is 0.306 e. The third-order valence-corrected chi connectivity index (χ3v) is 5.03. The lowest BCUT2D eigenvalue weighted by Crippen LogP contribution is -2.38. The van der Waals surface area contributed by atoms with E-state index in [-0.39, 0.29) is 24.1 Å². The molecule has 27 heavy (non-hydrogen) atoms. The number of rotatable bonds is 6. The van der Waals surface area contributed by atoms with Crippen LogP contribution in [-0.2, 0) is 16.1 Å². The van der Waals surface area contributed by atoms with Crippen molar-refractivity contribution < 1.29 is 28.2 Å². The van der Waals surface area contributed by atoms with Crippen molar-refractivity contribution in [2.24, 2.45) is 11.8 Å². The molecule has 1 aromatic carbocycles. The number of ether oxygens (including phenoxy) is 1. The molecule has 144 valence electrons. The summed E-state index contributed by atoms with van der Waals surface area (Å²) in [6, 6.07) is 7.86. The van der Waals surface area contributed by atoms with Crippen LogP contribution in [0.1, 0.15) is 31.4 Å². The molecule has 1 aliphatic carbocycles. The first-order valence-electron chi connectivity index (χ1n) is 8.89. The number of methoxy groups -OCH3 is 1. The van der Waals surface area contributed by atoms with Crippen LogP contribution >= 0.6 is 0 Å². The van der Waals surface area contributed by atoms with E-state index in [4.69, 9.17) is 14.3 Å². The average Bonchev–Trinajstić information content (AvgIpc) is 3.19. The molecule has 1 aromatic heterocycles. The van der Waals surface area contributed by atoms with Gasteiger partial charge in [-0.1, -0.05) is 0 Å². The summed E-state index contributed by atoms with van der Waals surface area (Å²) in [4.78, 5) is 25.8. The van der Waals surface area contributed by atoms with E-state index < -0.39 is 17.7 Å². The summed E-state index contributed by atoms with van der Waals surface area (Å²) in [7, 11) is 1.38. The van der Waals surface area contributed by atoms with Crippen molar-refractivity contribution in [3.8, 4) is 5.75 Å². The van der Waals surface area contributed by atoms with Crippen LogP contribution in [-0.4, -0.2) is 24.1 Å². The summed E-state index contributed by atoms with van der Waals surface area (Å²) in [5.41, 5.74) is 0.412. The minimum atomic E-state index is -0.814. The van der Waals surface area contributed by atoms with Crippen molar-refractivity contribution in [2.45, 2.75) is 32.2 Å². The standard InChI is InChI=1S/C20H22FNO5/c1-26-18-9-8-15(11-17(18)21)22(12-16-3-2-10-27-16)19(23)13-4-6-14(7-5-13)20(24)25/h2-3,8-11,13-14H,4-7,12H2,1H3,(H,24,25). The zero-order chi connectivity index (χ0) is 19.4. The van der Waals surface area contributed by atoms with Gasteiger partial charge < -0.3 is 19.2 Å². The van der Waals surface area contributed by atoms with Crippen LogP contribution in [0.3, 0.4) is 0 Å². The van der Waals surface area contributed by atoms with Crippen LogP contribution in [0, 0.1) is 17.7 Å². The fraction of sp³-hybridized carbons (Fsp3) is 0.400. The summed E-state index contributed by atoms with van der Waals surface area (Å²) in [6.07, 6.45) is 3.46. The van der Waals surface area contributed by atoms with Crippen molar-refractivity contribution in [3.63, 3.8) is 0 Å². The second-order valence-electron chi connectivity index (χ2n) is 6.71. The van der Waals surface area contributed by atoms with E-state index in [1.807, 2.05) is 0 Å². The number of anilines is 1. The van der Waals surface area contributed by atoms with Gasteiger partial charge in [0.1, 0.15) is 5.76 Å². The second kappa shape index (κ2) is 8.24.